The number of H-pyrrole nitrogens is 1. The van der Waals surface area contributed by atoms with E-state index in [0.29, 0.717) is 0 Å². The maximum atomic E-state index is 11.7. The van der Waals surface area contributed by atoms with Crippen LogP contribution >= 0.6 is 15.6 Å². The average Bonchev–Trinajstić information content (AvgIpc) is 2.86. The van der Waals surface area contributed by atoms with Gasteiger partial charge in [0.2, 0.25) is 5.95 Å². The summed E-state index contributed by atoms with van der Waals surface area (Å²) in [7, 11) is -10.2. The first-order chi connectivity index (χ1) is 12.0. The molecule has 0 aromatic carbocycles. The number of aliphatic hydroxyl groups is 1. The molecule has 0 saturated heterocycles. The Kier molecular flexibility index (Phi) is 6.32. The highest BCUT2D eigenvalue weighted by molar-refractivity contribution is 7.60. The van der Waals surface area contributed by atoms with Crippen LogP contribution in [0.15, 0.2) is 11.1 Å². The van der Waals surface area contributed by atoms with Gasteiger partial charge >= 0.3 is 15.6 Å². The fourth-order valence-electron chi connectivity index (χ4n) is 2.15. The molecule has 2 aromatic heterocycles. The first-order valence-corrected chi connectivity index (χ1v) is 10.1. The molecule has 0 amide bonds. The van der Waals surface area contributed by atoms with Crippen molar-refractivity contribution in [2.24, 2.45) is 5.92 Å². The van der Waals surface area contributed by atoms with Gasteiger partial charge in [-0.15, -0.1) is 0 Å². The molecule has 1 unspecified atom stereocenters. The molecule has 2 atom stereocenters. The number of aromatic nitrogens is 4. The molecular formula is C10H17N5O9P2. The average molecular weight is 413 g/mol. The molecule has 0 spiro atoms. The lowest BCUT2D eigenvalue weighted by atomic mass is 10.1. The van der Waals surface area contributed by atoms with E-state index in [0.717, 1.165) is 0 Å². The number of aliphatic hydroxyl groups excluding tert-OH is 1. The highest BCUT2D eigenvalue weighted by Gasteiger charge is 2.33. The number of rotatable bonds is 9. The van der Waals surface area contributed by atoms with Gasteiger partial charge in [-0.05, 0) is 6.42 Å². The van der Waals surface area contributed by atoms with Crippen LogP contribution in [0.5, 0.6) is 0 Å². The van der Waals surface area contributed by atoms with Crippen molar-refractivity contribution >= 4 is 32.8 Å². The van der Waals surface area contributed by atoms with Crippen LogP contribution in [-0.4, -0.2) is 52.5 Å². The number of imidazole rings is 1. The third-order valence-electron chi connectivity index (χ3n) is 3.17. The predicted molar refractivity (Wildman–Crippen MR) is 86.7 cm³/mol. The number of aromatic amines is 1. The molecule has 0 saturated carbocycles. The molecule has 0 aliphatic heterocycles. The Balaban J connectivity index is 2.15. The molecule has 0 fully saturated rings. The monoisotopic (exact) mass is 413 g/mol. The fourth-order valence-corrected chi connectivity index (χ4v) is 3.81. The van der Waals surface area contributed by atoms with Gasteiger partial charge in [0.05, 0.1) is 12.9 Å². The summed E-state index contributed by atoms with van der Waals surface area (Å²) in [5, 5.41) is 9.12. The van der Waals surface area contributed by atoms with Crippen molar-refractivity contribution in [2.75, 3.05) is 18.9 Å². The minimum Gasteiger partial charge on any atom is -0.396 e. The first kappa shape index (κ1) is 20.7. The van der Waals surface area contributed by atoms with Crippen LogP contribution in [-0.2, 0) is 24.5 Å². The second-order valence-electron chi connectivity index (χ2n) is 5.24. The number of nitrogens with two attached hydrogens (primary N) is 1. The largest absolute Gasteiger partial charge is 0.481 e. The maximum absolute atomic E-state index is 11.7. The van der Waals surface area contributed by atoms with E-state index in [1.54, 1.807) is 0 Å². The Hall–Kier alpha value is -1.63. The van der Waals surface area contributed by atoms with E-state index in [-0.39, 0.29) is 36.7 Å². The zero-order valence-electron chi connectivity index (χ0n) is 13.1. The highest BCUT2D eigenvalue weighted by Crippen LogP contribution is 2.57. The highest BCUT2D eigenvalue weighted by atomic mass is 31.3. The number of nitrogens with zero attached hydrogens (tertiary/aromatic N) is 3. The van der Waals surface area contributed by atoms with Crippen molar-refractivity contribution in [1.29, 1.82) is 0 Å². The minimum absolute atomic E-state index is 0.0283. The Labute approximate surface area is 145 Å². The van der Waals surface area contributed by atoms with Crippen molar-refractivity contribution < 1.29 is 37.8 Å². The smallest absolute Gasteiger partial charge is 0.396 e. The quantitative estimate of drug-likeness (QED) is 0.270. The van der Waals surface area contributed by atoms with E-state index >= 15 is 0 Å². The first-order valence-electron chi connectivity index (χ1n) is 7.06. The Morgan fingerprint density at radius 3 is 2.65 bits per heavy atom. The van der Waals surface area contributed by atoms with Crippen LogP contribution in [0.25, 0.3) is 11.2 Å². The second kappa shape index (κ2) is 7.94. The van der Waals surface area contributed by atoms with Gasteiger partial charge in [0, 0.05) is 19.1 Å². The van der Waals surface area contributed by atoms with Crippen LogP contribution in [0.1, 0.15) is 6.42 Å². The molecule has 26 heavy (non-hydrogen) atoms. The lowest BCUT2D eigenvalue weighted by Gasteiger charge is -2.19. The molecule has 0 radical (unpaired) electrons. The van der Waals surface area contributed by atoms with Gasteiger partial charge in [-0.2, -0.15) is 9.29 Å². The van der Waals surface area contributed by atoms with E-state index in [4.69, 9.17) is 20.6 Å². The molecule has 0 aliphatic rings. The minimum atomic E-state index is -5.23. The number of fused-ring (bicyclic) bond motifs is 1. The zero-order valence-corrected chi connectivity index (χ0v) is 14.9. The standard InChI is InChI=1S/C10H17N5O9P2/c11-10-13-8-7(9(17)14-10)12-5-15(8)3-6(1-2-16)4-23-26(21,22)24-25(18,19)20/h5-6,16H,1-4H2,(H,21,22)(H2,18,19,20)(H3,11,13,14,17)/t6-/m1/s1. The number of hydrogen-bond acceptors (Lipinski definition) is 9. The van der Waals surface area contributed by atoms with Crippen molar-refractivity contribution in [3.63, 3.8) is 0 Å². The van der Waals surface area contributed by atoms with Crippen LogP contribution in [0, 0.1) is 5.92 Å². The van der Waals surface area contributed by atoms with Gasteiger partial charge in [-0.25, -0.2) is 14.1 Å². The number of phosphoric ester groups is 1. The maximum Gasteiger partial charge on any atom is 0.481 e. The number of anilines is 1. The molecule has 0 bridgehead atoms. The topological polar surface area (TPSA) is 223 Å². The van der Waals surface area contributed by atoms with Crippen LogP contribution in [0.4, 0.5) is 5.95 Å². The molecular weight excluding hydrogens is 396 g/mol. The molecule has 2 rings (SSSR count). The Morgan fingerprint density at radius 2 is 2.04 bits per heavy atom. The molecule has 0 aliphatic carbocycles. The lowest BCUT2D eigenvalue weighted by molar-refractivity contribution is 0.136. The van der Waals surface area contributed by atoms with E-state index in [1.807, 2.05) is 0 Å². The summed E-state index contributed by atoms with van der Waals surface area (Å²) in [5.74, 6) is -0.727. The van der Waals surface area contributed by atoms with Crippen molar-refractivity contribution in [1.82, 2.24) is 19.5 Å². The molecule has 14 nitrogen and oxygen atoms in total. The van der Waals surface area contributed by atoms with E-state index < -0.39 is 33.7 Å². The number of nitrogen functional groups attached to an aromatic ring is 1. The molecule has 7 N–H and O–H groups in total. The van der Waals surface area contributed by atoms with E-state index in [2.05, 4.69) is 23.8 Å². The van der Waals surface area contributed by atoms with Gasteiger partial charge < -0.3 is 30.1 Å². The summed E-state index contributed by atoms with van der Waals surface area (Å²) < 4.78 is 31.8. The van der Waals surface area contributed by atoms with E-state index in [1.165, 1.54) is 10.9 Å². The summed E-state index contributed by atoms with van der Waals surface area (Å²) >= 11 is 0. The molecule has 2 heterocycles. The van der Waals surface area contributed by atoms with Crippen molar-refractivity contribution in [3.05, 3.63) is 16.7 Å². The van der Waals surface area contributed by atoms with E-state index in [9.17, 15) is 18.8 Å². The third-order valence-corrected chi connectivity index (χ3v) is 5.32. The fraction of sp³-hybridized carbons (Fsp3) is 0.500. The lowest BCUT2D eigenvalue weighted by Crippen LogP contribution is -2.19. The van der Waals surface area contributed by atoms with Crippen molar-refractivity contribution in [2.45, 2.75) is 13.0 Å². The summed E-state index contributed by atoms with van der Waals surface area (Å²) in [6.07, 6.45) is 1.40. The molecule has 146 valence electrons. The van der Waals surface area contributed by atoms with Gasteiger partial charge in [0.1, 0.15) is 0 Å². The predicted octanol–water partition coefficient (Wildman–Crippen LogP) is -1.07. The van der Waals surface area contributed by atoms with Crippen molar-refractivity contribution in [3.8, 4) is 0 Å². The second-order valence-corrected chi connectivity index (χ2v) is 8.06. The number of hydrogen-bond donors (Lipinski definition) is 6. The normalized spacial score (nSPS) is 15.8. The van der Waals surface area contributed by atoms with Crippen LogP contribution in [0.3, 0.4) is 0 Å². The van der Waals surface area contributed by atoms with Crippen LogP contribution < -0.4 is 11.3 Å². The SMILES string of the molecule is Nc1nc2c(ncn2C[C@@H](CCO)COP(=O)(O)OP(=O)(O)O)c(=O)[nH]1. The number of phosphoric acid groups is 2. The Bertz CT molecular complexity index is 921. The summed E-state index contributed by atoms with van der Waals surface area (Å²) in [5.41, 5.74) is 5.13. The summed E-state index contributed by atoms with van der Waals surface area (Å²) in [6.45, 7) is -0.721. The summed E-state index contributed by atoms with van der Waals surface area (Å²) in [4.78, 5) is 48.3. The molecule has 16 heteroatoms. The van der Waals surface area contributed by atoms with Gasteiger partial charge in [0.15, 0.2) is 11.2 Å². The van der Waals surface area contributed by atoms with Gasteiger partial charge in [-0.1, -0.05) is 0 Å². The zero-order chi connectivity index (χ0) is 19.5. The summed E-state index contributed by atoms with van der Waals surface area (Å²) in [6, 6.07) is 0. The van der Waals surface area contributed by atoms with Crippen LogP contribution in [0.2, 0.25) is 0 Å². The van der Waals surface area contributed by atoms with Gasteiger partial charge in [0.25, 0.3) is 5.56 Å². The third kappa shape index (κ3) is 5.69. The Morgan fingerprint density at radius 1 is 1.35 bits per heavy atom. The molecule has 2 aromatic rings. The number of nitrogens with one attached hydrogen (secondary N) is 1. The van der Waals surface area contributed by atoms with Gasteiger partial charge in [-0.3, -0.25) is 14.3 Å².